The van der Waals surface area contributed by atoms with Crippen molar-refractivity contribution < 1.29 is 14.4 Å². The van der Waals surface area contributed by atoms with Crippen molar-refractivity contribution in [1.82, 2.24) is 0 Å². The van der Waals surface area contributed by atoms with Crippen LogP contribution in [0.2, 0.25) is 0 Å². The number of benzene rings is 1. The summed E-state index contributed by atoms with van der Waals surface area (Å²) in [4.78, 5) is 9.89. The fraction of sp³-hybridized carbons (Fsp3) is 0.455. The van der Waals surface area contributed by atoms with Gasteiger partial charge in [0.25, 0.3) is 5.69 Å². The minimum Gasteiger partial charge on any atom is -0.505 e. The lowest BCUT2D eigenvalue weighted by Crippen LogP contribution is -2.12. The molecule has 0 aliphatic heterocycles. The number of phenolic OH excluding ortho intramolecular Hbond substituents is 1. The number of rotatable bonds is 4. The first-order chi connectivity index (χ1) is 7.99. The van der Waals surface area contributed by atoms with Crippen LogP contribution in [0.3, 0.4) is 0 Å². The third kappa shape index (κ3) is 3.08. The van der Waals surface area contributed by atoms with Crippen LogP contribution in [0.25, 0.3) is 0 Å². The van der Waals surface area contributed by atoms with Gasteiger partial charge in [-0.05, 0) is 12.3 Å². The molecule has 0 amide bonds. The van der Waals surface area contributed by atoms with E-state index in [9.17, 15) is 19.6 Å². The highest BCUT2D eigenvalue weighted by atomic mass is 35.5. The summed E-state index contributed by atoms with van der Waals surface area (Å²) in [7, 11) is 0. The van der Waals surface area contributed by atoms with Gasteiger partial charge < -0.3 is 10.8 Å². The second-order valence-corrected chi connectivity index (χ2v) is 4.41. The van der Waals surface area contributed by atoms with Crippen LogP contribution in [0, 0.1) is 21.8 Å². The van der Waals surface area contributed by atoms with Crippen LogP contribution in [-0.2, 0) is 0 Å². The van der Waals surface area contributed by atoms with Gasteiger partial charge >= 0.3 is 0 Å². The van der Waals surface area contributed by atoms with Crippen molar-refractivity contribution in [2.24, 2.45) is 11.7 Å². The van der Waals surface area contributed by atoms with E-state index in [1.807, 2.05) is 0 Å². The molecular weight excluding hydrogens is 263 g/mol. The summed E-state index contributed by atoms with van der Waals surface area (Å²) in [6, 6.07) is 1.28. The average Bonchev–Trinajstić information content (AvgIpc) is 3.05. The Bertz CT molecular complexity index is 466. The molecule has 0 unspecified atom stereocenters. The predicted octanol–water partition coefficient (Wildman–Crippen LogP) is 2.66. The zero-order valence-electron chi connectivity index (χ0n) is 9.51. The van der Waals surface area contributed by atoms with Crippen molar-refractivity contribution in [3.8, 4) is 5.75 Å². The summed E-state index contributed by atoms with van der Waals surface area (Å²) in [5, 5.41) is 20.1. The molecule has 1 aliphatic rings. The van der Waals surface area contributed by atoms with E-state index in [2.05, 4.69) is 0 Å². The molecule has 1 aliphatic carbocycles. The third-order valence-electron chi connectivity index (χ3n) is 2.97. The highest BCUT2D eigenvalue weighted by Gasteiger charge is 2.27. The minimum absolute atomic E-state index is 0. The minimum atomic E-state index is -1.000. The van der Waals surface area contributed by atoms with E-state index in [1.54, 1.807) is 0 Å². The van der Waals surface area contributed by atoms with Gasteiger partial charge in [-0.15, -0.1) is 12.4 Å². The molecule has 0 radical (unpaired) electrons. The van der Waals surface area contributed by atoms with Crippen molar-refractivity contribution in [3.05, 3.63) is 33.6 Å². The van der Waals surface area contributed by atoms with Crippen LogP contribution in [0.5, 0.6) is 5.75 Å². The molecule has 100 valence electrons. The summed E-state index contributed by atoms with van der Waals surface area (Å²) in [6.45, 7) is 0. The molecule has 5 nitrogen and oxygen atoms in total. The van der Waals surface area contributed by atoms with Crippen LogP contribution in [0.15, 0.2) is 12.1 Å². The van der Waals surface area contributed by atoms with Gasteiger partial charge in [0.1, 0.15) is 0 Å². The van der Waals surface area contributed by atoms with Gasteiger partial charge in [-0.3, -0.25) is 10.1 Å². The number of nitrogens with zero attached hydrogens (tertiary/aromatic N) is 1. The van der Waals surface area contributed by atoms with Crippen LogP contribution < -0.4 is 5.73 Å². The number of hydrogen-bond acceptors (Lipinski definition) is 4. The molecule has 0 aromatic heterocycles. The first kappa shape index (κ1) is 14.7. The van der Waals surface area contributed by atoms with Gasteiger partial charge in [0.15, 0.2) is 11.6 Å². The van der Waals surface area contributed by atoms with Crippen molar-refractivity contribution >= 4 is 18.1 Å². The number of nitro groups is 1. The zero-order valence-corrected chi connectivity index (χ0v) is 10.3. The monoisotopic (exact) mass is 276 g/mol. The summed E-state index contributed by atoms with van der Waals surface area (Å²) in [5.41, 5.74) is 5.55. The summed E-state index contributed by atoms with van der Waals surface area (Å²) >= 11 is 0. The van der Waals surface area contributed by atoms with E-state index in [1.165, 1.54) is 0 Å². The molecule has 3 N–H and O–H groups in total. The van der Waals surface area contributed by atoms with E-state index < -0.39 is 22.5 Å². The van der Waals surface area contributed by atoms with Crippen molar-refractivity contribution in [3.63, 3.8) is 0 Å². The van der Waals surface area contributed by atoms with Gasteiger partial charge in [0.05, 0.1) is 11.0 Å². The molecule has 1 atom stereocenters. The highest BCUT2D eigenvalue weighted by molar-refractivity contribution is 5.85. The van der Waals surface area contributed by atoms with E-state index >= 15 is 0 Å². The molecule has 1 saturated carbocycles. The van der Waals surface area contributed by atoms with E-state index in [0.29, 0.717) is 18.4 Å². The Morgan fingerprint density at radius 1 is 1.56 bits per heavy atom. The maximum atomic E-state index is 13.3. The van der Waals surface area contributed by atoms with Crippen LogP contribution in [0.1, 0.15) is 30.9 Å². The first-order valence-corrected chi connectivity index (χ1v) is 5.41. The van der Waals surface area contributed by atoms with Crippen LogP contribution >= 0.6 is 12.4 Å². The van der Waals surface area contributed by atoms with Crippen molar-refractivity contribution in [2.45, 2.75) is 25.3 Å². The lowest BCUT2D eigenvalue weighted by atomic mass is 10.0. The molecule has 0 spiro atoms. The van der Waals surface area contributed by atoms with Gasteiger partial charge in [0, 0.05) is 17.7 Å². The molecule has 2 rings (SSSR count). The zero-order chi connectivity index (χ0) is 12.6. The lowest BCUT2D eigenvalue weighted by molar-refractivity contribution is -0.385. The summed E-state index contributed by atoms with van der Waals surface area (Å²) in [5.74, 6) is -1.09. The number of phenols is 1. The van der Waals surface area contributed by atoms with Crippen molar-refractivity contribution in [2.75, 3.05) is 0 Å². The number of nitro benzene ring substituents is 1. The molecule has 7 heteroatoms. The van der Waals surface area contributed by atoms with E-state index in [4.69, 9.17) is 5.73 Å². The number of halogens is 2. The fourth-order valence-electron chi connectivity index (χ4n) is 1.83. The molecular formula is C11H14ClFN2O3. The topological polar surface area (TPSA) is 89.4 Å². The Morgan fingerprint density at radius 2 is 2.17 bits per heavy atom. The summed E-state index contributed by atoms with van der Waals surface area (Å²) < 4.78 is 13.3. The average molecular weight is 277 g/mol. The highest BCUT2D eigenvalue weighted by Crippen LogP contribution is 2.39. The maximum Gasteiger partial charge on any atom is 0.272 e. The quantitative estimate of drug-likeness (QED) is 0.653. The first-order valence-electron chi connectivity index (χ1n) is 5.41. The number of hydrogen-bond donors (Lipinski definition) is 2. The van der Waals surface area contributed by atoms with Gasteiger partial charge in [-0.25, -0.2) is 4.39 Å². The Labute approximate surface area is 109 Å². The van der Waals surface area contributed by atoms with Gasteiger partial charge in [0.2, 0.25) is 0 Å². The van der Waals surface area contributed by atoms with Crippen LogP contribution in [-0.4, -0.2) is 10.0 Å². The third-order valence-corrected chi connectivity index (χ3v) is 2.97. The molecule has 1 fully saturated rings. The molecule has 0 saturated heterocycles. The number of aromatic hydroxyl groups is 1. The SMILES string of the molecule is Cl.N[C@H](CC1CC1)c1cc([N+](=O)[O-])cc(F)c1O. The maximum absolute atomic E-state index is 13.3. The lowest BCUT2D eigenvalue weighted by Gasteiger charge is -2.13. The van der Waals surface area contributed by atoms with Gasteiger partial charge in [-0.2, -0.15) is 0 Å². The predicted molar refractivity (Wildman–Crippen MR) is 66.2 cm³/mol. The number of non-ortho nitro benzene ring substituents is 1. The molecule has 18 heavy (non-hydrogen) atoms. The Kier molecular flexibility index (Phi) is 4.48. The Hall–Kier alpha value is -1.40. The summed E-state index contributed by atoms with van der Waals surface area (Å²) in [6.07, 6.45) is 2.77. The molecule has 1 aromatic rings. The number of nitrogens with two attached hydrogens (primary N) is 1. The molecule has 0 heterocycles. The Balaban J connectivity index is 0.00000162. The Morgan fingerprint density at radius 3 is 2.67 bits per heavy atom. The molecule has 1 aromatic carbocycles. The molecule has 0 bridgehead atoms. The normalized spacial score (nSPS) is 15.9. The van der Waals surface area contributed by atoms with E-state index in [-0.39, 0.29) is 23.7 Å². The smallest absolute Gasteiger partial charge is 0.272 e. The van der Waals surface area contributed by atoms with Crippen molar-refractivity contribution in [1.29, 1.82) is 0 Å². The second-order valence-electron chi connectivity index (χ2n) is 4.41. The van der Waals surface area contributed by atoms with Gasteiger partial charge in [-0.1, -0.05) is 12.8 Å². The van der Waals surface area contributed by atoms with Crippen LogP contribution in [0.4, 0.5) is 10.1 Å². The largest absolute Gasteiger partial charge is 0.505 e. The standard InChI is InChI=1S/C11H13FN2O3.ClH/c12-9-5-7(14(16)17)4-8(11(9)15)10(13)3-6-1-2-6;/h4-6,10,15H,1-3,13H2;1H/t10-;/m1./s1. The second kappa shape index (κ2) is 5.49. The van der Waals surface area contributed by atoms with E-state index in [0.717, 1.165) is 18.9 Å². The fourth-order valence-corrected chi connectivity index (χ4v) is 1.83.